The minimum absolute atomic E-state index is 0.124. The van der Waals surface area contributed by atoms with E-state index < -0.39 is 5.97 Å². The van der Waals surface area contributed by atoms with Crippen LogP contribution >= 0.6 is 11.3 Å². The van der Waals surface area contributed by atoms with Crippen LogP contribution in [0, 0.1) is 6.92 Å². The second-order valence-electron chi connectivity index (χ2n) is 4.80. The average molecular weight is 299 g/mol. The molecule has 0 spiro atoms. The molecule has 0 aliphatic rings. The quantitative estimate of drug-likeness (QED) is 0.808. The number of thiophene rings is 1. The van der Waals surface area contributed by atoms with Gasteiger partial charge in [0.05, 0.1) is 6.54 Å². The number of fused-ring (bicyclic) bond motifs is 1. The smallest absolute Gasteiger partial charge is 0.346 e. The Hall–Kier alpha value is -2.40. The van der Waals surface area contributed by atoms with Crippen LogP contribution in [0.25, 0.3) is 10.1 Å². The number of aromatic carboxylic acids is 1. The molecule has 21 heavy (non-hydrogen) atoms. The maximum absolute atomic E-state index is 12.0. The highest BCUT2D eigenvalue weighted by Crippen LogP contribution is 2.31. The fourth-order valence-corrected chi connectivity index (χ4v) is 3.47. The first-order valence-corrected chi connectivity index (χ1v) is 7.29. The van der Waals surface area contributed by atoms with Crippen molar-refractivity contribution in [3.63, 3.8) is 0 Å². The fourth-order valence-electron chi connectivity index (χ4n) is 2.41. The highest BCUT2D eigenvalue weighted by atomic mass is 32.1. The molecule has 3 aromatic rings. The van der Waals surface area contributed by atoms with Crippen molar-refractivity contribution in [1.82, 2.24) is 4.57 Å². The van der Waals surface area contributed by atoms with Crippen molar-refractivity contribution in [3.05, 3.63) is 69.0 Å². The summed E-state index contributed by atoms with van der Waals surface area (Å²) in [5.41, 5.74) is 1.38. The molecular weight excluding hydrogens is 286 g/mol. The molecule has 5 heteroatoms. The molecule has 0 saturated carbocycles. The molecule has 1 aromatic carbocycles. The van der Waals surface area contributed by atoms with E-state index in [1.165, 1.54) is 17.4 Å². The number of rotatable bonds is 3. The number of benzene rings is 1. The van der Waals surface area contributed by atoms with Crippen molar-refractivity contribution in [2.24, 2.45) is 0 Å². The van der Waals surface area contributed by atoms with Gasteiger partial charge in [-0.25, -0.2) is 4.79 Å². The Labute approximate surface area is 124 Å². The minimum Gasteiger partial charge on any atom is -0.477 e. The molecule has 0 saturated heterocycles. The molecule has 0 aliphatic carbocycles. The Morgan fingerprint density at radius 2 is 1.95 bits per heavy atom. The lowest BCUT2D eigenvalue weighted by molar-refractivity contribution is 0.0701. The number of nitrogens with zero attached hydrogens (tertiary/aromatic N) is 1. The molecule has 0 unspecified atom stereocenters. The Kier molecular flexibility index (Phi) is 3.35. The largest absolute Gasteiger partial charge is 0.477 e. The van der Waals surface area contributed by atoms with Gasteiger partial charge in [-0.05, 0) is 24.4 Å². The van der Waals surface area contributed by atoms with Gasteiger partial charge in [0.2, 0.25) is 0 Å². The summed E-state index contributed by atoms with van der Waals surface area (Å²) in [5, 5.41) is 10.3. The number of hydrogen-bond donors (Lipinski definition) is 1. The van der Waals surface area contributed by atoms with Crippen molar-refractivity contribution in [2.45, 2.75) is 13.5 Å². The average Bonchev–Trinajstić information content (AvgIpc) is 2.82. The zero-order chi connectivity index (χ0) is 15.0. The van der Waals surface area contributed by atoms with E-state index in [2.05, 4.69) is 0 Å². The Morgan fingerprint density at radius 1 is 1.19 bits per heavy atom. The van der Waals surface area contributed by atoms with E-state index in [4.69, 9.17) is 0 Å². The first-order chi connectivity index (χ1) is 10.1. The van der Waals surface area contributed by atoms with Gasteiger partial charge in [0.25, 0.3) is 5.56 Å². The Morgan fingerprint density at radius 3 is 2.67 bits per heavy atom. The molecule has 2 aromatic heterocycles. The molecule has 1 N–H and O–H groups in total. The van der Waals surface area contributed by atoms with Gasteiger partial charge in [-0.2, -0.15) is 0 Å². The van der Waals surface area contributed by atoms with E-state index in [0.717, 1.165) is 15.8 Å². The van der Waals surface area contributed by atoms with Crippen molar-refractivity contribution in [3.8, 4) is 0 Å². The van der Waals surface area contributed by atoms with Gasteiger partial charge in [-0.3, -0.25) is 4.79 Å². The highest BCUT2D eigenvalue weighted by molar-refractivity contribution is 7.21. The standard InChI is InChI=1S/C16H13NO3S/c1-10-5-4-8-14(18)17(10)9-12-11-6-2-3-7-13(11)21-15(12)16(19)20/h2-8H,9H2,1H3,(H,19,20). The molecule has 0 radical (unpaired) electrons. The third kappa shape index (κ3) is 2.36. The lowest BCUT2D eigenvalue weighted by atomic mass is 10.1. The summed E-state index contributed by atoms with van der Waals surface area (Å²) in [6.07, 6.45) is 0. The van der Waals surface area contributed by atoms with Gasteiger partial charge in [-0.15, -0.1) is 11.3 Å². The van der Waals surface area contributed by atoms with Gasteiger partial charge in [0, 0.05) is 22.0 Å². The second-order valence-corrected chi connectivity index (χ2v) is 5.85. The van der Waals surface area contributed by atoms with Crippen LogP contribution in [0.4, 0.5) is 0 Å². The van der Waals surface area contributed by atoms with Crippen LogP contribution in [0.3, 0.4) is 0 Å². The molecule has 0 atom stereocenters. The van der Waals surface area contributed by atoms with Crippen molar-refractivity contribution >= 4 is 27.4 Å². The van der Waals surface area contributed by atoms with Crippen molar-refractivity contribution < 1.29 is 9.90 Å². The van der Waals surface area contributed by atoms with E-state index >= 15 is 0 Å². The molecule has 0 bridgehead atoms. The van der Waals surface area contributed by atoms with E-state index in [-0.39, 0.29) is 12.1 Å². The van der Waals surface area contributed by atoms with Crippen LogP contribution in [0.5, 0.6) is 0 Å². The van der Waals surface area contributed by atoms with Crippen LogP contribution < -0.4 is 5.56 Å². The summed E-state index contributed by atoms with van der Waals surface area (Å²) in [6.45, 7) is 2.12. The normalized spacial score (nSPS) is 10.9. The van der Waals surface area contributed by atoms with Gasteiger partial charge in [0.1, 0.15) is 4.88 Å². The summed E-state index contributed by atoms with van der Waals surface area (Å²) in [6, 6.07) is 12.6. The summed E-state index contributed by atoms with van der Waals surface area (Å²) in [4.78, 5) is 23.8. The zero-order valence-electron chi connectivity index (χ0n) is 11.4. The van der Waals surface area contributed by atoms with E-state index in [1.54, 1.807) is 10.6 Å². The SMILES string of the molecule is Cc1cccc(=O)n1Cc1c(C(=O)O)sc2ccccc12. The number of pyridine rings is 1. The zero-order valence-corrected chi connectivity index (χ0v) is 12.2. The van der Waals surface area contributed by atoms with Crippen LogP contribution in [-0.2, 0) is 6.54 Å². The maximum Gasteiger partial charge on any atom is 0.346 e. The molecule has 4 nitrogen and oxygen atoms in total. The molecule has 0 aliphatic heterocycles. The van der Waals surface area contributed by atoms with Crippen LogP contribution in [0.15, 0.2) is 47.3 Å². The van der Waals surface area contributed by atoms with E-state index in [9.17, 15) is 14.7 Å². The van der Waals surface area contributed by atoms with Crippen molar-refractivity contribution in [2.75, 3.05) is 0 Å². The van der Waals surface area contributed by atoms with E-state index in [1.807, 2.05) is 37.3 Å². The first kappa shape index (κ1) is 13.6. The molecule has 106 valence electrons. The molecule has 3 rings (SSSR count). The summed E-state index contributed by atoms with van der Waals surface area (Å²) in [7, 11) is 0. The van der Waals surface area contributed by atoms with Crippen LogP contribution in [0.1, 0.15) is 20.9 Å². The predicted molar refractivity (Wildman–Crippen MR) is 83.3 cm³/mol. The van der Waals surface area contributed by atoms with Gasteiger partial charge in [0.15, 0.2) is 0 Å². The van der Waals surface area contributed by atoms with Crippen LogP contribution in [-0.4, -0.2) is 15.6 Å². The molecule has 0 amide bonds. The molecular formula is C16H13NO3S. The molecule has 0 fully saturated rings. The second kappa shape index (κ2) is 5.18. The van der Waals surface area contributed by atoms with Crippen LogP contribution in [0.2, 0.25) is 0 Å². The third-order valence-corrected chi connectivity index (χ3v) is 4.68. The maximum atomic E-state index is 12.0. The van der Waals surface area contributed by atoms with Gasteiger partial charge >= 0.3 is 5.97 Å². The number of carboxylic acids is 1. The number of carbonyl (C=O) groups is 1. The lowest BCUT2D eigenvalue weighted by Crippen LogP contribution is -2.22. The monoisotopic (exact) mass is 299 g/mol. The van der Waals surface area contributed by atoms with Crippen molar-refractivity contribution in [1.29, 1.82) is 0 Å². The van der Waals surface area contributed by atoms with Gasteiger partial charge < -0.3 is 9.67 Å². The summed E-state index contributed by atoms with van der Waals surface area (Å²) < 4.78 is 2.52. The third-order valence-electron chi connectivity index (χ3n) is 3.48. The Bertz CT molecular complexity index is 892. The Balaban J connectivity index is 2.22. The highest BCUT2D eigenvalue weighted by Gasteiger charge is 2.18. The topological polar surface area (TPSA) is 59.3 Å². The molecule has 2 heterocycles. The fraction of sp³-hybridized carbons (Fsp3) is 0.125. The predicted octanol–water partition coefficient (Wildman–Crippen LogP) is 3.12. The minimum atomic E-state index is -0.951. The number of carboxylic acid groups (broad SMARTS) is 1. The number of aryl methyl sites for hydroxylation is 1. The van der Waals surface area contributed by atoms with E-state index in [0.29, 0.717) is 10.4 Å². The van der Waals surface area contributed by atoms with Gasteiger partial charge in [-0.1, -0.05) is 24.3 Å². The first-order valence-electron chi connectivity index (χ1n) is 6.48. The summed E-state index contributed by atoms with van der Waals surface area (Å²) in [5.74, 6) is -0.951. The summed E-state index contributed by atoms with van der Waals surface area (Å²) >= 11 is 1.25. The number of aromatic nitrogens is 1. The lowest BCUT2D eigenvalue weighted by Gasteiger charge is -2.09. The number of hydrogen-bond acceptors (Lipinski definition) is 3.